The number of carbonyl (C=O) groups excluding carboxylic acids is 1. The molecule has 1 aliphatic heterocycles. The number of amides is 1. The quantitative estimate of drug-likeness (QED) is 0.720. The van der Waals surface area contributed by atoms with E-state index in [0.29, 0.717) is 18.3 Å². The van der Waals surface area contributed by atoms with Gasteiger partial charge in [-0.05, 0) is 54.7 Å². The fourth-order valence-corrected chi connectivity index (χ4v) is 3.37. The van der Waals surface area contributed by atoms with E-state index in [0.717, 1.165) is 31.6 Å². The number of nitrogens with zero attached hydrogens (tertiary/aromatic N) is 1. The van der Waals surface area contributed by atoms with Crippen molar-refractivity contribution in [1.82, 2.24) is 6.15 Å². The summed E-state index contributed by atoms with van der Waals surface area (Å²) in [5, 5.41) is 11.4. The van der Waals surface area contributed by atoms with Crippen LogP contribution in [0, 0.1) is 16.7 Å². The SMILES string of the molecule is CC(C)(C)C1CCC2(CC1)CC(=O)N=C([O-])C2.[NH4+]. The summed E-state index contributed by atoms with van der Waals surface area (Å²) in [7, 11) is 0. The first-order chi connectivity index (χ1) is 7.81. The Morgan fingerprint density at radius 1 is 1.22 bits per heavy atom. The predicted molar refractivity (Wildman–Crippen MR) is 71.5 cm³/mol. The molecule has 18 heavy (non-hydrogen) atoms. The second-order valence-electron chi connectivity index (χ2n) is 6.89. The molecule has 104 valence electrons. The highest BCUT2D eigenvalue weighted by molar-refractivity contribution is 5.92. The molecular formula is C14H26N2O2. The number of carbonyl (C=O) groups is 1. The molecule has 4 N–H and O–H groups in total. The molecule has 0 bridgehead atoms. The van der Waals surface area contributed by atoms with Gasteiger partial charge in [0.2, 0.25) is 5.91 Å². The standard InChI is InChI=1S/C14H23NO2.H3N/c1-13(2,3)10-4-6-14(7-5-10)8-11(16)15-12(17)9-14;/h10H,4-9H2,1-3H3,(H,15,16,17);1H3. The van der Waals surface area contributed by atoms with Crippen LogP contribution < -0.4 is 11.3 Å². The van der Waals surface area contributed by atoms with Gasteiger partial charge in [-0.25, -0.2) is 4.99 Å². The maximum atomic E-state index is 11.4. The van der Waals surface area contributed by atoms with Gasteiger partial charge in [0.15, 0.2) is 0 Å². The smallest absolute Gasteiger partial charge is 0.245 e. The third-order valence-corrected chi connectivity index (χ3v) is 4.57. The minimum Gasteiger partial charge on any atom is -0.862 e. The van der Waals surface area contributed by atoms with E-state index in [2.05, 4.69) is 25.8 Å². The van der Waals surface area contributed by atoms with E-state index in [9.17, 15) is 9.90 Å². The lowest BCUT2D eigenvalue weighted by Gasteiger charge is -2.45. The van der Waals surface area contributed by atoms with E-state index in [4.69, 9.17) is 0 Å². The predicted octanol–water partition coefficient (Wildman–Crippen LogP) is 2.66. The van der Waals surface area contributed by atoms with Gasteiger partial charge in [0.05, 0.1) is 0 Å². The molecule has 1 aliphatic carbocycles. The van der Waals surface area contributed by atoms with E-state index in [-0.39, 0.29) is 23.4 Å². The molecule has 0 aromatic rings. The first kappa shape index (κ1) is 15.2. The fourth-order valence-electron chi connectivity index (χ4n) is 3.37. The summed E-state index contributed by atoms with van der Waals surface area (Å²) in [5.41, 5.74) is 0.298. The third-order valence-electron chi connectivity index (χ3n) is 4.57. The molecule has 1 amide bonds. The zero-order valence-electron chi connectivity index (χ0n) is 12.1. The Hall–Kier alpha value is -0.900. The maximum Gasteiger partial charge on any atom is 0.245 e. The normalized spacial score (nSPS) is 32.9. The molecule has 4 nitrogen and oxygen atoms in total. The van der Waals surface area contributed by atoms with Crippen LogP contribution in [-0.4, -0.2) is 11.8 Å². The molecule has 1 fully saturated rings. The lowest BCUT2D eigenvalue weighted by molar-refractivity contribution is -0.223. The number of rotatable bonds is 0. The van der Waals surface area contributed by atoms with Crippen LogP contribution in [0.4, 0.5) is 0 Å². The van der Waals surface area contributed by atoms with Crippen LogP contribution in [0.1, 0.15) is 59.3 Å². The van der Waals surface area contributed by atoms with Crippen LogP contribution in [0.5, 0.6) is 0 Å². The molecule has 0 unspecified atom stereocenters. The molecule has 1 heterocycles. The molecule has 2 aliphatic rings. The van der Waals surface area contributed by atoms with Gasteiger partial charge in [0.1, 0.15) is 0 Å². The van der Waals surface area contributed by atoms with E-state index in [1.807, 2.05) is 0 Å². The summed E-state index contributed by atoms with van der Waals surface area (Å²) in [4.78, 5) is 15.0. The zero-order chi connectivity index (χ0) is 12.7. The third kappa shape index (κ3) is 3.10. The molecule has 1 saturated carbocycles. The number of hydrogen-bond donors (Lipinski definition) is 1. The van der Waals surface area contributed by atoms with Gasteiger partial charge in [-0.15, -0.1) is 0 Å². The van der Waals surface area contributed by atoms with Gasteiger partial charge >= 0.3 is 0 Å². The molecule has 0 atom stereocenters. The van der Waals surface area contributed by atoms with Crippen molar-refractivity contribution in [3.05, 3.63) is 0 Å². The average molecular weight is 254 g/mol. The average Bonchev–Trinajstić information content (AvgIpc) is 2.14. The van der Waals surface area contributed by atoms with Gasteiger partial charge in [-0.1, -0.05) is 20.8 Å². The molecular weight excluding hydrogens is 228 g/mol. The second kappa shape index (κ2) is 5.00. The van der Waals surface area contributed by atoms with Crippen molar-refractivity contribution in [2.24, 2.45) is 21.7 Å². The van der Waals surface area contributed by atoms with E-state index in [1.165, 1.54) is 0 Å². The number of aliphatic imine (C=N–C) groups is 1. The van der Waals surface area contributed by atoms with Crippen molar-refractivity contribution in [3.63, 3.8) is 0 Å². The minimum atomic E-state index is -0.199. The van der Waals surface area contributed by atoms with Crippen molar-refractivity contribution in [2.45, 2.75) is 59.3 Å². The Morgan fingerprint density at radius 3 is 2.22 bits per heavy atom. The molecule has 0 saturated heterocycles. The first-order valence-corrected chi connectivity index (χ1v) is 6.58. The number of hydrogen-bond acceptors (Lipinski definition) is 2. The molecule has 0 aromatic carbocycles. The van der Waals surface area contributed by atoms with Crippen molar-refractivity contribution in [1.29, 1.82) is 0 Å². The highest BCUT2D eigenvalue weighted by atomic mass is 16.3. The van der Waals surface area contributed by atoms with Crippen LogP contribution in [0.15, 0.2) is 4.99 Å². The summed E-state index contributed by atoms with van der Waals surface area (Å²) in [6.07, 6.45) is 5.31. The summed E-state index contributed by atoms with van der Waals surface area (Å²) >= 11 is 0. The monoisotopic (exact) mass is 254 g/mol. The second-order valence-corrected chi connectivity index (χ2v) is 6.89. The van der Waals surface area contributed by atoms with E-state index < -0.39 is 0 Å². The molecule has 0 aromatic heterocycles. The van der Waals surface area contributed by atoms with Crippen LogP contribution in [0.25, 0.3) is 0 Å². The van der Waals surface area contributed by atoms with Gasteiger partial charge < -0.3 is 11.3 Å². The molecule has 0 radical (unpaired) electrons. The van der Waals surface area contributed by atoms with Gasteiger partial charge in [-0.2, -0.15) is 0 Å². The van der Waals surface area contributed by atoms with Gasteiger partial charge in [-0.3, -0.25) is 4.79 Å². The summed E-state index contributed by atoms with van der Waals surface area (Å²) < 4.78 is 0. The van der Waals surface area contributed by atoms with Crippen LogP contribution >= 0.6 is 0 Å². The summed E-state index contributed by atoms with van der Waals surface area (Å²) in [6, 6.07) is 0. The molecule has 1 spiro atoms. The molecule has 2 rings (SSSR count). The largest absolute Gasteiger partial charge is 0.862 e. The lowest BCUT2D eigenvalue weighted by Crippen LogP contribution is -2.40. The Labute approximate surface area is 109 Å². The topological polar surface area (TPSA) is 89.0 Å². The van der Waals surface area contributed by atoms with Gasteiger partial charge in [0, 0.05) is 6.42 Å². The Balaban J connectivity index is 0.00000162. The highest BCUT2D eigenvalue weighted by Gasteiger charge is 2.41. The lowest BCUT2D eigenvalue weighted by atomic mass is 9.61. The van der Waals surface area contributed by atoms with Crippen LogP contribution in [0.2, 0.25) is 0 Å². The maximum absolute atomic E-state index is 11.4. The van der Waals surface area contributed by atoms with Crippen molar-refractivity contribution >= 4 is 11.8 Å². The summed E-state index contributed by atoms with van der Waals surface area (Å²) in [6.45, 7) is 6.84. The first-order valence-electron chi connectivity index (χ1n) is 6.58. The Bertz CT molecular complexity index is 347. The zero-order valence-corrected chi connectivity index (χ0v) is 12.1. The van der Waals surface area contributed by atoms with Crippen LogP contribution in [0.3, 0.4) is 0 Å². The van der Waals surface area contributed by atoms with Gasteiger partial charge in [0.25, 0.3) is 0 Å². The molecule has 4 heteroatoms. The minimum absolute atomic E-state index is 0. The van der Waals surface area contributed by atoms with Crippen molar-refractivity contribution in [2.75, 3.05) is 0 Å². The van der Waals surface area contributed by atoms with Crippen LogP contribution in [-0.2, 0) is 4.79 Å². The fraction of sp³-hybridized carbons (Fsp3) is 0.857. The Kier molecular flexibility index (Phi) is 4.21. The van der Waals surface area contributed by atoms with E-state index in [1.54, 1.807) is 0 Å². The highest BCUT2D eigenvalue weighted by Crippen LogP contribution is 2.49. The Morgan fingerprint density at radius 2 is 1.78 bits per heavy atom. The van der Waals surface area contributed by atoms with E-state index >= 15 is 0 Å². The summed E-state index contributed by atoms with van der Waals surface area (Å²) in [5.74, 6) is 0.322. The van der Waals surface area contributed by atoms with Crippen molar-refractivity contribution < 1.29 is 9.90 Å². The number of quaternary nitrogens is 1. The van der Waals surface area contributed by atoms with Crippen molar-refractivity contribution in [3.8, 4) is 0 Å².